The van der Waals surface area contributed by atoms with E-state index in [2.05, 4.69) is 10.6 Å². The maximum Gasteiger partial charge on any atom is 0.0451 e. The molecular formula is C11H15Cl3N2. The summed E-state index contributed by atoms with van der Waals surface area (Å²) in [6.45, 7) is 2.92. The molecule has 1 saturated heterocycles. The summed E-state index contributed by atoms with van der Waals surface area (Å²) in [5.41, 5.74) is 1.07. The average molecular weight is 282 g/mol. The Balaban J connectivity index is 0.00000128. The van der Waals surface area contributed by atoms with Gasteiger partial charge in [0.15, 0.2) is 0 Å². The maximum absolute atomic E-state index is 6.07. The topological polar surface area (TPSA) is 24.1 Å². The summed E-state index contributed by atoms with van der Waals surface area (Å²) in [7, 11) is 0. The highest BCUT2D eigenvalue weighted by Gasteiger charge is 2.13. The van der Waals surface area contributed by atoms with Gasteiger partial charge >= 0.3 is 0 Å². The van der Waals surface area contributed by atoms with Crippen LogP contribution in [0.25, 0.3) is 0 Å². The number of halogens is 3. The second-order valence-corrected chi connectivity index (χ2v) is 4.65. The molecule has 2 N–H and O–H groups in total. The number of benzene rings is 1. The van der Waals surface area contributed by atoms with Crippen LogP contribution < -0.4 is 10.6 Å². The third-order valence-corrected chi connectivity index (χ3v) is 3.25. The number of hydrogen-bond donors (Lipinski definition) is 2. The molecule has 1 aliphatic heterocycles. The summed E-state index contributed by atoms with van der Waals surface area (Å²) in [4.78, 5) is 0. The van der Waals surface area contributed by atoms with Crippen LogP contribution in [0.4, 0.5) is 0 Å². The fourth-order valence-electron chi connectivity index (χ4n) is 1.76. The average Bonchev–Trinajstić information content (AvgIpc) is 2.72. The summed E-state index contributed by atoms with van der Waals surface area (Å²) < 4.78 is 0. The van der Waals surface area contributed by atoms with E-state index in [1.165, 1.54) is 6.42 Å². The molecule has 1 aromatic carbocycles. The number of nitrogens with one attached hydrogen (secondary N) is 2. The second-order valence-electron chi connectivity index (χ2n) is 3.81. The van der Waals surface area contributed by atoms with Crippen LogP contribution in [-0.4, -0.2) is 19.1 Å². The molecule has 0 saturated carbocycles. The second kappa shape index (κ2) is 6.67. The van der Waals surface area contributed by atoms with Crippen LogP contribution >= 0.6 is 35.6 Å². The maximum atomic E-state index is 6.07. The molecule has 1 aromatic rings. The molecule has 0 amide bonds. The molecule has 2 rings (SSSR count). The first-order valence-electron chi connectivity index (χ1n) is 5.14. The lowest BCUT2D eigenvalue weighted by Gasteiger charge is -2.12. The zero-order chi connectivity index (χ0) is 10.7. The predicted octanol–water partition coefficient (Wildman–Crippen LogP) is 2.87. The van der Waals surface area contributed by atoms with Crippen LogP contribution in [-0.2, 0) is 6.54 Å². The molecule has 0 unspecified atom stereocenters. The van der Waals surface area contributed by atoms with Crippen molar-refractivity contribution < 1.29 is 0 Å². The van der Waals surface area contributed by atoms with Crippen molar-refractivity contribution in [2.24, 2.45) is 0 Å². The van der Waals surface area contributed by atoms with Crippen molar-refractivity contribution in [3.8, 4) is 0 Å². The Bertz CT molecular complexity index is 338. The smallest absolute Gasteiger partial charge is 0.0451 e. The molecule has 0 bridgehead atoms. The van der Waals surface area contributed by atoms with Crippen molar-refractivity contribution in [3.63, 3.8) is 0 Å². The molecule has 0 spiro atoms. The highest BCUT2D eigenvalue weighted by Crippen LogP contribution is 2.20. The van der Waals surface area contributed by atoms with Crippen LogP contribution in [0, 0.1) is 0 Å². The summed E-state index contributed by atoms with van der Waals surface area (Å²) in [5.74, 6) is 0. The monoisotopic (exact) mass is 280 g/mol. The first kappa shape index (κ1) is 14.1. The van der Waals surface area contributed by atoms with E-state index in [-0.39, 0.29) is 12.4 Å². The van der Waals surface area contributed by atoms with Gasteiger partial charge in [0.1, 0.15) is 0 Å². The normalized spacial score (nSPS) is 19.5. The van der Waals surface area contributed by atoms with Gasteiger partial charge < -0.3 is 10.6 Å². The molecule has 1 aliphatic rings. The van der Waals surface area contributed by atoms with E-state index in [9.17, 15) is 0 Å². The van der Waals surface area contributed by atoms with Gasteiger partial charge in [-0.3, -0.25) is 0 Å². The van der Waals surface area contributed by atoms with E-state index in [1.807, 2.05) is 18.2 Å². The van der Waals surface area contributed by atoms with Gasteiger partial charge in [-0.05, 0) is 36.7 Å². The van der Waals surface area contributed by atoms with Crippen LogP contribution in [0.1, 0.15) is 12.0 Å². The lowest BCUT2D eigenvalue weighted by atomic mass is 10.2. The third-order valence-electron chi connectivity index (χ3n) is 2.65. The first-order chi connectivity index (χ1) is 7.25. The summed E-state index contributed by atoms with van der Waals surface area (Å²) in [5, 5.41) is 8.29. The SMILES string of the molecule is Cl.Clc1ccc(Cl)c(CN[C@@H]2CCNC2)c1. The zero-order valence-corrected chi connectivity index (χ0v) is 11.1. The standard InChI is InChI=1S/C11H14Cl2N2.ClH/c12-9-1-2-11(13)8(5-9)6-15-10-3-4-14-7-10;/h1-2,5,10,14-15H,3-4,6-7H2;1H/t10-;/m1./s1. The Morgan fingerprint density at radius 3 is 2.88 bits per heavy atom. The van der Waals surface area contributed by atoms with Gasteiger partial charge in [0.2, 0.25) is 0 Å². The van der Waals surface area contributed by atoms with Crippen LogP contribution in [0.5, 0.6) is 0 Å². The van der Waals surface area contributed by atoms with Crippen LogP contribution in [0.3, 0.4) is 0 Å². The van der Waals surface area contributed by atoms with E-state index in [4.69, 9.17) is 23.2 Å². The third kappa shape index (κ3) is 3.79. The van der Waals surface area contributed by atoms with Crippen molar-refractivity contribution in [2.45, 2.75) is 19.0 Å². The van der Waals surface area contributed by atoms with Crippen molar-refractivity contribution >= 4 is 35.6 Å². The lowest BCUT2D eigenvalue weighted by molar-refractivity contribution is 0.547. The number of hydrogen-bond acceptors (Lipinski definition) is 2. The highest BCUT2D eigenvalue weighted by atomic mass is 35.5. The molecule has 16 heavy (non-hydrogen) atoms. The van der Waals surface area contributed by atoms with Crippen molar-refractivity contribution in [2.75, 3.05) is 13.1 Å². The molecule has 1 heterocycles. The van der Waals surface area contributed by atoms with Crippen molar-refractivity contribution in [1.82, 2.24) is 10.6 Å². The molecule has 5 heteroatoms. The molecule has 1 atom stereocenters. The van der Waals surface area contributed by atoms with E-state index in [0.29, 0.717) is 6.04 Å². The molecule has 0 aliphatic carbocycles. The summed E-state index contributed by atoms with van der Waals surface area (Å²) >= 11 is 12.0. The Hall–Kier alpha value is 0.01000. The lowest BCUT2D eigenvalue weighted by Crippen LogP contribution is -2.30. The van der Waals surface area contributed by atoms with Gasteiger partial charge in [-0.15, -0.1) is 12.4 Å². The quantitative estimate of drug-likeness (QED) is 0.890. The van der Waals surface area contributed by atoms with Gasteiger partial charge in [0.25, 0.3) is 0 Å². The van der Waals surface area contributed by atoms with Crippen LogP contribution in [0.2, 0.25) is 10.0 Å². The van der Waals surface area contributed by atoms with Gasteiger partial charge in [-0.1, -0.05) is 23.2 Å². The van der Waals surface area contributed by atoms with E-state index in [1.54, 1.807) is 0 Å². The Kier molecular flexibility index (Phi) is 5.87. The van der Waals surface area contributed by atoms with E-state index in [0.717, 1.165) is 35.2 Å². The molecule has 1 fully saturated rings. The molecular weight excluding hydrogens is 266 g/mol. The van der Waals surface area contributed by atoms with Crippen molar-refractivity contribution in [3.05, 3.63) is 33.8 Å². The molecule has 0 radical (unpaired) electrons. The Morgan fingerprint density at radius 2 is 2.19 bits per heavy atom. The zero-order valence-electron chi connectivity index (χ0n) is 8.80. The minimum Gasteiger partial charge on any atom is -0.315 e. The first-order valence-corrected chi connectivity index (χ1v) is 5.89. The Morgan fingerprint density at radius 1 is 1.38 bits per heavy atom. The predicted molar refractivity (Wildman–Crippen MR) is 71.8 cm³/mol. The fraction of sp³-hybridized carbons (Fsp3) is 0.455. The fourth-order valence-corrected chi connectivity index (χ4v) is 2.14. The number of rotatable bonds is 3. The summed E-state index contributed by atoms with van der Waals surface area (Å²) in [6.07, 6.45) is 1.18. The van der Waals surface area contributed by atoms with Crippen molar-refractivity contribution in [1.29, 1.82) is 0 Å². The molecule has 2 nitrogen and oxygen atoms in total. The van der Waals surface area contributed by atoms with Gasteiger partial charge in [0.05, 0.1) is 0 Å². The Labute approximate surface area is 112 Å². The molecule has 90 valence electrons. The largest absolute Gasteiger partial charge is 0.315 e. The summed E-state index contributed by atoms with van der Waals surface area (Å²) in [6, 6.07) is 6.12. The van der Waals surface area contributed by atoms with E-state index >= 15 is 0 Å². The molecule has 0 aromatic heterocycles. The van der Waals surface area contributed by atoms with Gasteiger partial charge in [-0.2, -0.15) is 0 Å². The minimum absolute atomic E-state index is 0. The van der Waals surface area contributed by atoms with E-state index < -0.39 is 0 Å². The van der Waals surface area contributed by atoms with Gasteiger partial charge in [0, 0.05) is 29.2 Å². The highest BCUT2D eigenvalue weighted by molar-refractivity contribution is 6.33. The van der Waals surface area contributed by atoms with Gasteiger partial charge in [-0.25, -0.2) is 0 Å². The van der Waals surface area contributed by atoms with Crippen LogP contribution in [0.15, 0.2) is 18.2 Å². The minimum atomic E-state index is 0.